The first-order valence-corrected chi connectivity index (χ1v) is 7.29. The van der Waals surface area contributed by atoms with Gasteiger partial charge in [-0.25, -0.2) is 4.79 Å². The number of nitrogens with one attached hydrogen (secondary N) is 1. The van der Waals surface area contributed by atoms with Crippen LogP contribution in [0.25, 0.3) is 0 Å². The highest BCUT2D eigenvalue weighted by atomic mass is 35.5. The van der Waals surface area contributed by atoms with Gasteiger partial charge >= 0.3 is 6.03 Å². The van der Waals surface area contributed by atoms with Gasteiger partial charge in [0, 0.05) is 12.6 Å². The molecule has 102 valence electrons. The summed E-state index contributed by atoms with van der Waals surface area (Å²) in [5.41, 5.74) is 0. The molecule has 0 aromatic heterocycles. The Morgan fingerprint density at radius 3 is 2.61 bits per heavy atom. The number of piperidine rings is 1. The van der Waals surface area contributed by atoms with Crippen molar-refractivity contribution in [1.29, 1.82) is 0 Å². The Kier molecular flexibility index (Phi) is 4.49. The van der Waals surface area contributed by atoms with Gasteiger partial charge in [0.25, 0.3) is 0 Å². The van der Waals surface area contributed by atoms with E-state index in [1.54, 1.807) is 6.92 Å². The second-order valence-electron chi connectivity index (χ2n) is 5.36. The van der Waals surface area contributed by atoms with Crippen molar-refractivity contribution in [3.63, 3.8) is 0 Å². The fourth-order valence-electron chi connectivity index (χ4n) is 3.15. The number of rotatable bonds is 1. The molecule has 1 aliphatic heterocycles. The lowest BCUT2D eigenvalue weighted by atomic mass is 9.78. The minimum Gasteiger partial charge on any atom is -0.321 e. The number of alkyl halides is 1. The van der Waals surface area contributed by atoms with E-state index in [0.717, 1.165) is 19.4 Å². The van der Waals surface area contributed by atoms with Crippen LogP contribution >= 0.6 is 11.6 Å². The number of hydrogen-bond donors (Lipinski definition) is 1. The Labute approximate surface area is 113 Å². The van der Waals surface area contributed by atoms with Crippen LogP contribution in [0.3, 0.4) is 0 Å². The van der Waals surface area contributed by atoms with E-state index in [-0.39, 0.29) is 6.03 Å². The van der Waals surface area contributed by atoms with Crippen LogP contribution in [0.15, 0.2) is 0 Å². The molecule has 3 amide bonds. The summed E-state index contributed by atoms with van der Waals surface area (Å²) >= 11 is 5.67. The highest BCUT2D eigenvalue weighted by molar-refractivity contribution is 6.31. The predicted octanol–water partition coefficient (Wildman–Crippen LogP) is 2.50. The zero-order valence-electron chi connectivity index (χ0n) is 10.8. The number of amides is 3. The van der Waals surface area contributed by atoms with Gasteiger partial charge in [0.1, 0.15) is 5.38 Å². The molecule has 0 radical (unpaired) electrons. The maximum Gasteiger partial charge on any atom is 0.324 e. The Morgan fingerprint density at radius 2 is 1.89 bits per heavy atom. The molecule has 1 saturated heterocycles. The quantitative estimate of drug-likeness (QED) is 0.746. The molecule has 3 atom stereocenters. The van der Waals surface area contributed by atoms with Crippen molar-refractivity contribution in [2.75, 3.05) is 6.54 Å². The van der Waals surface area contributed by atoms with Crippen LogP contribution in [0.1, 0.15) is 45.4 Å². The zero-order chi connectivity index (χ0) is 13.1. The molecule has 2 fully saturated rings. The molecule has 2 aliphatic rings. The van der Waals surface area contributed by atoms with Crippen molar-refractivity contribution in [1.82, 2.24) is 10.2 Å². The second-order valence-corrected chi connectivity index (χ2v) is 6.01. The fourth-order valence-corrected chi connectivity index (χ4v) is 3.21. The van der Waals surface area contributed by atoms with Gasteiger partial charge in [-0.1, -0.05) is 12.8 Å². The third-order valence-corrected chi connectivity index (χ3v) is 4.29. The summed E-state index contributed by atoms with van der Waals surface area (Å²) in [6, 6.07) is 0.0648. The molecule has 0 bridgehead atoms. The fraction of sp³-hybridized carbons (Fsp3) is 0.846. The zero-order valence-corrected chi connectivity index (χ0v) is 11.6. The Morgan fingerprint density at radius 1 is 1.22 bits per heavy atom. The van der Waals surface area contributed by atoms with Crippen LogP contribution in [0, 0.1) is 5.92 Å². The highest BCUT2D eigenvalue weighted by Gasteiger charge is 2.36. The predicted molar refractivity (Wildman–Crippen MR) is 70.5 cm³/mol. The lowest BCUT2D eigenvalue weighted by molar-refractivity contribution is -0.119. The second kappa shape index (κ2) is 5.91. The molecule has 1 saturated carbocycles. The van der Waals surface area contributed by atoms with Crippen LogP contribution in [-0.2, 0) is 4.79 Å². The minimum absolute atomic E-state index is 0.260. The number of carbonyl (C=O) groups excluding carboxylic acids is 2. The number of urea groups is 1. The van der Waals surface area contributed by atoms with Crippen LogP contribution in [-0.4, -0.2) is 34.8 Å². The van der Waals surface area contributed by atoms with E-state index < -0.39 is 11.3 Å². The summed E-state index contributed by atoms with van der Waals surface area (Å²) < 4.78 is 0. The number of imide groups is 1. The maximum atomic E-state index is 12.1. The summed E-state index contributed by atoms with van der Waals surface area (Å²) in [7, 11) is 0. The van der Waals surface area contributed by atoms with Crippen LogP contribution in [0.2, 0.25) is 0 Å². The van der Waals surface area contributed by atoms with Gasteiger partial charge in [0.05, 0.1) is 0 Å². The molecule has 4 nitrogen and oxygen atoms in total. The summed E-state index contributed by atoms with van der Waals surface area (Å²) in [6.45, 7) is 2.33. The van der Waals surface area contributed by atoms with E-state index >= 15 is 0 Å². The van der Waals surface area contributed by atoms with Crippen molar-refractivity contribution >= 4 is 23.5 Å². The van der Waals surface area contributed by atoms with Gasteiger partial charge in [-0.05, 0) is 38.5 Å². The topological polar surface area (TPSA) is 49.4 Å². The summed E-state index contributed by atoms with van der Waals surface area (Å²) in [4.78, 5) is 25.4. The third-order valence-electron chi connectivity index (χ3n) is 4.10. The number of halogens is 1. The number of hydrogen-bond acceptors (Lipinski definition) is 2. The van der Waals surface area contributed by atoms with Crippen molar-refractivity contribution in [3.8, 4) is 0 Å². The molecular formula is C13H21ClN2O2. The van der Waals surface area contributed by atoms with Crippen LogP contribution < -0.4 is 5.32 Å². The first-order valence-electron chi connectivity index (χ1n) is 6.85. The van der Waals surface area contributed by atoms with E-state index in [1.165, 1.54) is 25.7 Å². The molecule has 2 rings (SSSR count). The molecule has 18 heavy (non-hydrogen) atoms. The van der Waals surface area contributed by atoms with Gasteiger partial charge in [0.2, 0.25) is 5.91 Å². The summed E-state index contributed by atoms with van der Waals surface area (Å²) in [5, 5.41) is 1.73. The van der Waals surface area contributed by atoms with Crippen molar-refractivity contribution < 1.29 is 9.59 Å². The van der Waals surface area contributed by atoms with Gasteiger partial charge in [0.15, 0.2) is 0 Å². The largest absolute Gasteiger partial charge is 0.324 e. The summed E-state index contributed by atoms with van der Waals surface area (Å²) in [5.74, 6) is 0.223. The molecule has 1 unspecified atom stereocenters. The van der Waals surface area contributed by atoms with E-state index in [1.807, 2.05) is 4.90 Å². The molecule has 0 aromatic rings. The average molecular weight is 273 g/mol. The van der Waals surface area contributed by atoms with E-state index in [9.17, 15) is 9.59 Å². The lowest BCUT2D eigenvalue weighted by Gasteiger charge is -2.43. The molecule has 5 heteroatoms. The number of likely N-dealkylation sites (tertiary alicyclic amines) is 1. The van der Waals surface area contributed by atoms with E-state index in [2.05, 4.69) is 5.32 Å². The molecule has 1 N–H and O–H groups in total. The van der Waals surface area contributed by atoms with Gasteiger partial charge in [-0.2, -0.15) is 0 Å². The van der Waals surface area contributed by atoms with Gasteiger partial charge < -0.3 is 4.90 Å². The number of nitrogens with zero attached hydrogens (tertiary/aromatic N) is 1. The molecule has 0 spiro atoms. The molecule has 0 aromatic carbocycles. The third kappa shape index (κ3) is 2.97. The van der Waals surface area contributed by atoms with Gasteiger partial charge in [-0.15, -0.1) is 11.6 Å². The first-order chi connectivity index (χ1) is 8.59. The van der Waals surface area contributed by atoms with Crippen molar-refractivity contribution in [3.05, 3.63) is 0 Å². The highest BCUT2D eigenvalue weighted by Crippen LogP contribution is 2.35. The SMILES string of the molecule is CC(Cl)C(=O)NC(=O)N1CCC[C@H]2CCCC[C@H]21. The Balaban J connectivity index is 1.97. The first kappa shape index (κ1) is 13.7. The van der Waals surface area contributed by atoms with Gasteiger partial charge in [-0.3, -0.25) is 10.1 Å². The Bertz CT molecular complexity index is 331. The Hall–Kier alpha value is -0.770. The van der Waals surface area contributed by atoms with E-state index in [0.29, 0.717) is 12.0 Å². The minimum atomic E-state index is -0.666. The molecule has 1 heterocycles. The summed E-state index contributed by atoms with van der Waals surface area (Å²) in [6.07, 6.45) is 7.00. The van der Waals surface area contributed by atoms with Crippen LogP contribution in [0.5, 0.6) is 0 Å². The van der Waals surface area contributed by atoms with Crippen LogP contribution in [0.4, 0.5) is 4.79 Å². The maximum absolute atomic E-state index is 12.1. The van der Waals surface area contributed by atoms with E-state index in [4.69, 9.17) is 11.6 Å². The molecule has 1 aliphatic carbocycles. The van der Waals surface area contributed by atoms with Crippen molar-refractivity contribution in [2.45, 2.75) is 56.9 Å². The van der Waals surface area contributed by atoms with Crippen molar-refractivity contribution in [2.24, 2.45) is 5.92 Å². The number of fused-ring (bicyclic) bond motifs is 1. The standard InChI is InChI=1S/C13H21ClN2O2/c1-9(14)12(17)15-13(18)16-8-4-6-10-5-2-3-7-11(10)16/h9-11H,2-8H2,1H3,(H,15,17,18)/t9?,10-,11-/m1/s1. The average Bonchev–Trinajstić information content (AvgIpc) is 2.37. The number of carbonyl (C=O) groups is 2. The monoisotopic (exact) mass is 272 g/mol. The normalized spacial score (nSPS) is 29.3. The molecular weight excluding hydrogens is 252 g/mol. The smallest absolute Gasteiger partial charge is 0.321 e. The lowest BCUT2D eigenvalue weighted by Crippen LogP contribution is -2.54.